The highest BCUT2D eigenvalue weighted by Gasteiger charge is 2.36. The monoisotopic (exact) mass is 500 g/mol. The van der Waals surface area contributed by atoms with Crippen LogP contribution in [0.3, 0.4) is 0 Å². The van der Waals surface area contributed by atoms with Crippen molar-refractivity contribution < 1.29 is 19.5 Å². The Balaban J connectivity index is 1.75. The summed E-state index contributed by atoms with van der Waals surface area (Å²) < 4.78 is 0.679. The molecule has 10 heteroatoms. The lowest BCUT2D eigenvalue weighted by atomic mass is 10.2. The minimum Gasteiger partial charge on any atom is -0.505 e. The first-order valence-electron chi connectivity index (χ1n) is 7.74. The van der Waals surface area contributed by atoms with E-state index in [1.165, 1.54) is 18.2 Å². The number of amides is 3. The maximum Gasteiger partial charge on any atom is 0.294 e. The molecule has 0 radical (unpaired) electrons. The molecule has 3 rings (SSSR count). The van der Waals surface area contributed by atoms with E-state index in [0.717, 1.165) is 4.90 Å². The third-order valence-electron chi connectivity index (χ3n) is 3.66. The summed E-state index contributed by atoms with van der Waals surface area (Å²) in [4.78, 5) is 37.9. The Morgan fingerprint density at radius 2 is 1.86 bits per heavy atom. The number of rotatable bonds is 4. The summed E-state index contributed by atoms with van der Waals surface area (Å²) in [5.74, 6) is -1.37. The van der Waals surface area contributed by atoms with Crippen LogP contribution >= 0.6 is 50.9 Å². The molecule has 3 amide bonds. The van der Waals surface area contributed by atoms with E-state index >= 15 is 0 Å². The van der Waals surface area contributed by atoms with Crippen molar-refractivity contribution in [3.8, 4) is 5.75 Å². The zero-order chi connectivity index (χ0) is 20.4. The molecule has 144 valence electrons. The van der Waals surface area contributed by atoms with Crippen molar-refractivity contribution in [2.24, 2.45) is 0 Å². The second kappa shape index (κ2) is 8.57. The number of anilines is 1. The highest BCUT2D eigenvalue weighted by Crippen LogP contribution is 2.36. The molecule has 0 saturated carbocycles. The lowest BCUT2D eigenvalue weighted by Crippen LogP contribution is -2.36. The SMILES string of the molecule is O=C(CN1C(=O)S/C(=C\c2cc(Cl)c(O)c(Cl)c2)C1=O)Nc1ccccc1Br. The molecular formula is C18H11BrCl2N2O4S. The number of imide groups is 1. The second-order valence-electron chi connectivity index (χ2n) is 5.63. The van der Waals surface area contributed by atoms with E-state index in [9.17, 15) is 19.5 Å². The van der Waals surface area contributed by atoms with Gasteiger partial charge in [-0.3, -0.25) is 19.3 Å². The normalized spacial score (nSPS) is 15.4. The predicted molar refractivity (Wildman–Crippen MR) is 114 cm³/mol. The summed E-state index contributed by atoms with van der Waals surface area (Å²) in [6.07, 6.45) is 1.42. The summed E-state index contributed by atoms with van der Waals surface area (Å²) in [5.41, 5.74) is 0.972. The summed E-state index contributed by atoms with van der Waals surface area (Å²) in [5, 5.41) is 11.7. The van der Waals surface area contributed by atoms with Crippen LogP contribution in [0, 0.1) is 0 Å². The minimum atomic E-state index is -0.599. The van der Waals surface area contributed by atoms with E-state index in [1.54, 1.807) is 24.3 Å². The van der Waals surface area contributed by atoms with Crippen LogP contribution in [0.1, 0.15) is 5.56 Å². The highest BCUT2D eigenvalue weighted by atomic mass is 79.9. The number of halogens is 3. The van der Waals surface area contributed by atoms with Gasteiger partial charge in [0.2, 0.25) is 5.91 Å². The number of nitrogens with zero attached hydrogens (tertiary/aromatic N) is 1. The van der Waals surface area contributed by atoms with E-state index in [2.05, 4.69) is 21.2 Å². The van der Waals surface area contributed by atoms with Crippen LogP contribution in [0.5, 0.6) is 5.75 Å². The Hall–Kier alpha value is -2.00. The van der Waals surface area contributed by atoms with Gasteiger partial charge in [0.05, 0.1) is 20.6 Å². The molecule has 1 fully saturated rings. The molecule has 1 aliphatic rings. The fraction of sp³-hybridized carbons (Fsp3) is 0.0556. The average molecular weight is 502 g/mol. The molecule has 2 aromatic carbocycles. The minimum absolute atomic E-state index is 0.0193. The number of hydrogen-bond acceptors (Lipinski definition) is 5. The molecule has 0 atom stereocenters. The number of thioether (sulfide) groups is 1. The van der Waals surface area contributed by atoms with Crippen molar-refractivity contribution in [1.82, 2.24) is 4.90 Å². The van der Waals surface area contributed by atoms with Gasteiger partial charge in [0.1, 0.15) is 6.54 Å². The van der Waals surface area contributed by atoms with Gasteiger partial charge in [-0.1, -0.05) is 35.3 Å². The van der Waals surface area contributed by atoms with Gasteiger partial charge in [0, 0.05) is 4.47 Å². The quantitative estimate of drug-likeness (QED) is 0.566. The number of phenols is 1. The van der Waals surface area contributed by atoms with Gasteiger partial charge < -0.3 is 10.4 Å². The van der Waals surface area contributed by atoms with Gasteiger partial charge >= 0.3 is 0 Å². The van der Waals surface area contributed by atoms with Gasteiger partial charge in [-0.05, 0) is 63.6 Å². The average Bonchev–Trinajstić information content (AvgIpc) is 2.89. The predicted octanol–water partition coefficient (Wildman–Crippen LogP) is 5.14. The molecule has 1 aliphatic heterocycles. The first-order valence-corrected chi connectivity index (χ1v) is 10.1. The number of carbonyl (C=O) groups is 3. The van der Waals surface area contributed by atoms with Gasteiger partial charge in [-0.15, -0.1) is 0 Å². The zero-order valence-corrected chi connectivity index (χ0v) is 17.8. The smallest absolute Gasteiger partial charge is 0.294 e. The van der Waals surface area contributed by atoms with Crippen LogP contribution < -0.4 is 5.32 Å². The third-order valence-corrected chi connectivity index (χ3v) is 5.84. The van der Waals surface area contributed by atoms with Crippen LogP contribution in [-0.4, -0.2) is 33.6 Å². The molecule has 2 N–H and O–H groups in total. The molecular weight excluding hydrogens is 491 g/mol. The molecule has 28 heavy (non-hydrogen) atoms. The largest absolute Gasteiger partial charge is 0.505 e. The molecule has 0 spiro atoms. The molecule has 0 aliphatic carbocycles. The van der Waals surface area contributed by atoms with E-state index in [1.807, 2.05) is 0 Å². The first kappa shape index (κ1) is 20.7. The lowest BCUT2D eigenvalue weighted by Gasteiger charge is -2.13. The molecule has 2 aromatic rings. The number of benzene rings is 2. The van der Waals surface area contributed by atoms with Crippen LogP contribution in [0.15, 0.2) is 45.8 Å². The number of para-hydroxylation sites is 1. The van der Waals surface area contributed by atoms with Crippen molar-refractivity contribution in [2.75, 3.05) is 11.9 Å². The summed E-state index contributed by atoms with van der Waals surface area (Å²) in [6.45, 7) is -0.416. The summed E-state index contributed by atoms with van der Waals surface area (Å²) >= 11 is 15.7. The standard InChI is InChI=1S/C18H11BrCl2N2O4S/c19-10-3-1-2-4-13(10)22-15(24)8-23-17(26)14(28-18(23)27)7-9-5-11(20)16(25)12(21)6-9/h1-7,25H,8H2,(H,22,24)/b14-7-. The van der Waals surface area contributed by atoms with Crippen molar-refractivity contribution in [3.05, 3.63) is 61.4 Å². The molecule has 1 saturated heterocycles. The Morgan fingerprint density at radius 3 is 2.50 bits per heavy atom. The van der Waals surface area contributed by atoms with Gasteiger partial charge in [0.25, 0.3) is 11.1 Å². The van der Waals surface area contributed by atoms with Gasteiger partial charge in [0.15, 0.2) is 5.75 Å². The van der Waals surface area contributed by atoms with Crippen LogP contribution in [0.4, 0.5) is 10.5 Å². The van der Waals surface area contributed by atoms with Crippen molar-refractivity contribution in [1.29, 1.82) is 0 Å². The number of nitrogens with one attached hydrogen (secondary N) is 1. The fourth-order valence-corrected chi connectivity index (χ4v) is 4.08. The van der Waals surface area contributed by atoms with E-state index in [0.29, 0.717) is 27.5 Å². The van der Waals surface area contributed by atoms with Crippen molar-refractivity contribution in [3.63, 3.8) is 0 Å². The Kier molecular flexibility index (Phi) is 6.34. The molecule has 0 aromatic heterocycles. The maximum absolute atomic E-state index is 12.5. The molecule has 0 unspecified atom stereocenters. The van der Waals surface area contributed by atoms with Crippen LogP contribution in [0.2, 0.25) is 10.0 Å². The van der Waals surface area contributed by atoms with Crippen LogP contribution in [-0.2, 0) is 9.59 Å². The molecule has 1 heterocycles. The van der Waals surface area contributed by atoms with E-state index in [-0.39, 0.29) is 20.7 Å². The lowest BCUT2D eigenvalue weighted by molar-refractivity contribution is -0.127. The van der Waals surface area contributed by atoms with Crippen molar-refractivity contribution >= 4 is 79.7 Å². The Labute approximate surface area is 182 Å². The van der Waals surface area contributed by atoms with Crippen molar-refractivity contribution in [2.45, 2.75) is 0 Å². The summed E-state index contributed by atoms with van der Waals surface area (Å²) in [7, 11) is 0. The van der Waals surface area contributed by atoms with E-state index < -0.39 is 23.6 Å². The topological polar surface area (TPSA) is 86.7 Å². The highest BCUT2D eigenvalue weighted by molar-refractivity contribution is 9.10. The van der Waals surface area contributed by atoms with Crippen LogP contribution in [0.25, 0.3) is 6.08 Å². The third kappa shape index (κ3) is 4.52. The zero-order valence-electron chi connectivity index (χ0n) is 13.9. The second-order valence-corrected chi connectivity index (χ2v) is 8.29. The van der Waals surface area contributed by atoms with Gasteiger partial charge in [-0.25, -0.2) is 0 Å². The number of hydrogen-bond donors (Lipinski definition) is 2. The number of aromatic hydroxyl groups is 1. The maximum atomic E-state index is 12.5. The fourth-order valence-electron chi connectivity index (χ4n) is 2.35. The Bertz CT molecular complexity index is 1010. The first-order chi connectivity index (χ1) is 13.3. The summed E-state index contributed by atoms with van der Waals surface area (Å²) in [6, 6.07) is 9.81. The van der Waals surface area contributed by atoms with E-state index in [4.69, 9.17) is 23.2 Å². The molecule has 0 bridgehead atoms. The molecule has 6 nitrogen and oxygen atoms in total. The Morgan fingerprint density at radius 1 is 1.21 bits per heavy atom. The number of carbonyl (C=O) groups excluding carboxylic acids is 3. The van der Waals surface area contributed by atoms with Gasteiger partial charge in [-0.2, -0.15) is 0 Å². The number of phenolic OH excluding ortho intramolecular Hbond substituents is 1.